The molecule has 0 fully saturated rings. The third-order valence-corrected chi connectivity index (χ3v) is 3.73. The Kier molecular flexibility index (Phi) is 3.63. The Hall–Kier alpha value is -3.27. The zero-order valence-corrected chi connectivity index (χ0v) is 12.8. The van der Waals surface area contributed by atoms with Gasteiger partial charge in [0.15, 0.2) is 5.82 Å². The summed E-state index contributed by atoms with van der Waals surface area (Å²) in [7, 11) is 0. The molecule has 1 N–H and O–H groups in total. The van der Waals surface area contributed by atoms with Gasteiger partial charge in [0.05, 0.1) is 5.52 Å². The Morgan fingerprint density at radius 1 is 0.750 bits per heavy atom. The van der Waals surface area contributed by atoms with E-state index in [2.05, 4.69) is 15.3 Å². The van der Waals surface area contributed by atoms with Gasteiger partial charge in [-0.15, -0.1) is 0 Å². The second-order valence-electron chi connectivity index (χ2n) is 5.41. The summed E-state index contributed by atoms with van der Waals surface area (Å²) in [6, 6.07) is 24.0. The smallest absolute Gasteiger partial charge is 0.162 e. The van der Waals surface area contributed by atoms with Gasteiger partial charge in [0.25, 0.3) is 0 Å². The predicted octanol–water partition coefficient (Wildman–Crippen LogP) is 5.18. The zero-order valence-electron chi connectivity index (χ0n) is 12.8. The van der Waals surface area contributed by atoms with Crippen molar-refractivity contribution in [1.29, 1.82) is 0 Å². The van der Waals surface area contributed by atoms with Crippen molar-refractivity contribution in [3.05, 3.63) is 84.7 Å². The molecule has 0 amide bonds. The van der Waals surface area contributed by atoms with Crippen LogP contribution in [0.1, 0.15) is 0 Å². The van der Waals surface area contributed by atoms with E-state index in [-0.39, 0.29) is 5.82 Å². The molecule has 1 heterocycles. The third-order valence-electron chi connectivity index (χ3n) is 3.73. The molecule has 0 saturated carbocycles. The number of fused-ring (bicyclic) bond motifs is 1. The van der Waals surface area contributed by atoms with Gasteiger partial charge in [-0.05, 0) is 30.3 Å². The molecule has 0 aliphatic rings. The highest BCUT2D eigenvalue weighted by atomic mass is 19.1. The number of hydrogen-bond donors (Lipinski definition) is 1. The van der Waals surface area contributed by atoms with Crippen molar-refractivity contribution in [2.75, 3.05) is 5.32 Å². The fraction of sp³-hybridized carbons (Fsp3) is 0. The van der Waals surface area contributed by atoms with Gasteiger partial charge in [0.2, 0.25) is 0 Å². The molecule has 4 heteroatoms. The molecule has 0 aliphatic heterocycles. The van der Waals surface area contributed by atoms with E-state index in [9.17, 15) is 4.39 Å². The highest BCUT2D eigenvalue weighted by molar-refractivity contribution is 5.92. The second kappa shape index (κ2) is 6.08. The molecule has 116 valence electrons. The number of para-hydroxylation sites is 1. The largest absolute Gasteiger partial charge is 0.340 e. The lowest BCUT2D eigenvalue weighted by molar-refractivity contribution is 0.629. The van der Waals surface area contributed by atoms with Gasteiger partial charge < -0.3 is 5.32 Å². The number of benzene rings is 3. The van der Waals surface area contributed by atoms with E-state index in [1.54, 1.807) is 6.07 Å². The van der Waals surface area contributed by atoms with Crippen LogP contribution >= 0.6 is 0 Å². The number of rotatable bonds is 3. The van der Waals surface area contributed by atoms with Crippen LogP contribution in [0.15, 0.2) is 78.9 Å². The number of nitrogens with one attached hydrogen (secondary N) is 1. The molecule has 0 aliphatic carbocycles. The monoisotopic (exact) mass is 315 g/mol. The average Bonchev–Trinajstić information content (AvgIpc) is 2.63. The Balaban J connectivity index is 1.90. The molecule has 0 bridgehead atoms. The van der Waals surface area contributed by atoms with Crippen molar-refractivity contribution in [2.24, 2.45) is 0 Å². The fourth-order valence-corrected chi connectivity index (χ4v) is 2.57. The van der Waals surface area contributed by atoms with Gasteiger partial charge in [-0.25, -0.2) is 14.4 Å². The maximum atomic E-state index is 13.7. The minimum Gasteiger partial charge on any atom is -0.340 e. The normalized spacial score (nSPS) is 10.7. The van der Waals surface area contributed by atoms with E-state index in [1.807, 2.05) is 60.7 Å². The van der Waals surface area contributed by atoms with E-state index in [4.69, 9.17) is 0 Å². The minimum absolute atomic E-state index is 0.310. The van der Waals surface area contributed by atoms with Crippen LogP contribution in [0.2, 0.25) is 0 Å². The van der Waals surface area contributed by atoms with Crippen LogP contribution in [0.5, 0.6) is 0 Å². The summed E-state index contributed by atoms with van der Waals surface area (Å²) in [6.07, 6.45) is 0. The van der Waals surface area contributed by atoms with E-state index in [0.29, 0.717) is 22.5 Å². The quantitative estimate of drug-likeness (QED) is 0.566. The first kappa shape index (κ1) is 14.3. The first-order chi connectivity index (χ1) is 11.8. The van der Waals surface area contributed by atoms with Crippen molar-refractivity contribution in [3.8, 4) is 11.4 Å². The fourth-order valence-electron chi connectivity index (χ4n) is 2.57. The van der Waals surface area contributed by atoms with E-state index in [0.717, 1.165) is 11.3 Å². The van der Waals surface area contributed by atoms with Gasteiger partial charge >= 0.3 is 0 Å². The van der Waals surface area contributed by atoms with Crippen LogP contribution in [-0.4, -0.2) is 9.97 Å². The zero-order chi connectivity index (χ0) is 16.4. The molecule has 0 unspecified atom stereocenters. The van der Waals surface area contributed by atoms with Crippen molar-refractivity contribution in [2.45, 2.75) is 0 Å². The number of hydrogen-bond acceptors (Lipinski definition) is 3. The lowest BCUT2D eigenvalue weighted by Crippen LogP contribution is -1.99. The van der Waals surface area contributed by atoms with Crippen LogP contribution in [0.25, 0.3) is 22.3 Å². The molecule has 0 saturated heterocycles. The topological polar surface area (TPSA) is 37.8 Å². The lowest BCUT2D eigenvalue weighted by atomic mass is 10.1. The maximum absolute atomic E-state index is 13.7. The van der Waals surface area contributed by atoms with Crippen molar-refractivity contribution >= 4 is 22.4 Å². The molecule has 1 aromatic heterocycles. The first-order valence-electron chi connectivity index (χ1n) is 7.64. The number of aromatic nitrogens is 2. The number of halogens is 1. The summed E-state index contributed by atoms with van der Waals surface area (Å²) in [4.78, 5) is 9.19. The average molecular weight is 315 g/mol. The first-order valence-corrected chi connectivity index (χ1v) is 7.64. The summed E-state index contributed by atoms with van der Waals surface area (Å²) in [5.41, 5.74) is 2.50. The molecule has 3 nitrogen and oxygen atoms in total. The summed E-state index contributed by atoms with van der Waals surface area (Å²) >= 11 is 0. The molecule has 4 aromatic rings. The predicted molar refractivity (Wildman–Crippen MR) is 94.7 cm³/mol. The van der Waals surface area contributed by atoms with Gasteiger partial charge in [0.1, 0.15) is 11.6 Å². The van der Waals surface area contributed by atoms with Gasteiger partial charge in [-0.1, -0.05) is 48.5 Å². The van der Waals surface area contributed by atoms with Crippen molar-refractivity contribution < 1.29 is 4.39 Å². The standard InChI is InChI=1S/C20H14FN3/c21-15-11-12-18-17(13-15)20(22-16-9-5-2-6-10-16)24-19(23-18)14-7-3-1-4-8-14/h1-13H,(H,22,23,24). The van der Waals surface area contributed by atoms with E-state index in [1.165, 1.54) is 12.1 Å². The van der Waals surface area contributed by atoms with Crippen molar-refractivity contribution in [1.82, 2.24) is 9.97 Å². The van der Waals surface area contributed by atoms with Crippen molar-refractivity contribution in [3.63, 3.8) is 0 Å². The molecular weight excluding hydrogens is 301 g/mol. The molecule has 24 heavy (non-hydrogen) atoms. The maximum Gasteiger partial charge on any atom is 0.162 e. The van der Waals surface area contributed by atoms with Crippen LogP contribution in [0.3, 0.4) is 0 Å². The van der Waals surface area contributed by atoms with E-state index >= 15 is 0 Å². The third kappa shape index (κ3) is 2.82. The summed E-state index contributed by atoms with van der Waals surface area (Å²) in [5.74, 6) is 0.882. The van der Waals surface area contributed by atoms with Crippen LogP contribution in [0.4, 0.5) is 15.9 Å². The number of nitrogens with zero attached hydrogens (tertiary/aromatic N) is 2. The van der Waals surface area contributed by atoms with Gasteiger partial charge in [-0.2, -0.15) is 0 Å². The highest BCUT2D eigenvalue weighted by Crippen LogP contribution is 2.27. The second-order valence-corrected chi connectivity index (χ2v) is 5.41. The Bertz CT molecular complexity index is 986. The summed E-state index contributed by atoms with van der Waals surface area (Å²) in [6.45, 7) is 0. The van der Waals surface area contributed by atoms with Crippen LogP contribution in [0, 0.1) is 5.82 Å². The summed E-state index contributed by atoms with van der Waals surface area (Å²) < 4.78 is 13.7. The number of anilines is 2. The highest BCUT2D eigenvalue weighted by Gasteiger charge is 2.10. The Morgan fingerprint density at radius 2 is 1.46 bits per heavy atom. The molecule has 4 rings (SSSR count). The minimum atomic E-state index is -0.310. The summed E-state index contributed by atoms with van der Waals surface area (Å²) in [5, 5.41) is 3.92. The molecule has 0 radical (unpaired) electrons. The SMILES string of the molecule is Fc1ccc2nc(-c3ccccc3)nc(Nc3ccccc3)c2c1. The van der Waals surface area contributed by atoms with E-state index < -0.39 is 0 Å². The molecular formula is C20H14FN3. The van der Waals surface area contributed by atoms with Gasteiger partial charge in [0, 0.05) is 16.6 Å². The van der Waals surface area contributed by atoms with Crippen LogP contribution < -0.4 is 5.32 Å². The van der Waals surface area contributed by atoms with Crippen LogP contribution in [-0.2, 0) is 0 Å². The van der Waals surface area contributed by atoms with Gasteiger partial charge in [-0.3, -0.25) is 0 Å². The molecule has 0 spiro atoms. The molecule has 3 aromatic carbocycles. The Morgan fingerprint density at radius 3 is 2.21 bits per heavy atom. The Labute approximate surface area is 138 Å². The lowest BCUT2D eigenvalue weighted by Gasteiger charge is -2.11. The molecule has 0 atom stereocenters.